The lowest BCUT2D eigenvalue weighted by Gasteiger charge is -2.10. The maximum absolute atomic E-state index is 13.1. The van der Waals surface area contributed by atoms with Crippen molar-refractivity contribution >= 4 is 17.4 Å². The van der Waals surface area contributed by atoms with E-state index in [4.69, 9.17) is 10.00 Å². The quantitative estimate of drug-likeness (QED) is 0.592. The third kappa shape index (κ3) is 5.03. The summed E-state index contributed by atoms with van der Waals surface area (Å²) in [5.74, 6) is -0.0437. The monoisotopic (exact) mass is 416 g/mol. The topological polar surface area (TPSA) is 114 Å². The van der Waals surface area contributed by atoms with Crippen LogP contribution in [0.2, 0.25) is 0 Å². The van der Waals surface area contributed by atoms with Crippen LogP contribution in [0.3, 0.4) is 0 Å². The lowest BCUT2D eigenvalue weighted by Crippen LogP contribution is -2.29. The number of nitriles is 1. The van der Waals surface area contributed by atoms with Gasteiger partial charge in [0, 0.05) is 23.7 Å². The fraction of sp³-hybridized carbons (Fsp3) is 0.174. The van der Waals surface area contributed by atoms with E-state index in [0.29, 0.717) is 28.3 Å². The summed E-state index contributed by atoms with van der Waals surface area (Å²) < 4.78 is 6.24. The van der Waals surface area contributed by atoms with E-state index in [2.05, 4.69) is 10.4 Å². The van der Waals surface area contributed by atoms with Gasteiger partial charge in [0.1, 0.15) is 5.75 Å². The molecule has 3 rings (SSSR count). The standard InChI is InChI=1S/C23H20N4O4/c1-15(28)25-18-8-4-16(5-9-18)21-14-20(23(30)27(26-21)13-3-12-24)22(29)17-6-10-19(31-2)11-7-17/h4-11,14H,3,13H2,1-2H3,(H,25,28). The van der Waals surface area contributed by atoms with E-state index >= 15 is 0 Å². The average molecular weight is 416 g/mol. The highest BCUT2D eigenvalue weighted by molar-refractivity contribution is 6.09. The zero-order valence-electron chi connectivity index (χ0n) is 17.1. The summed E-state index contributed by atoms with van der Waals surface area (Å²) in [6.45, 7) is 1.48. The first-order valence-corrected chi connectivity index (χ1v) is 9.49. The highest BCUT2D eigenvalue weighted by atomic mass is 16.5. The molecule has 0 saturated carbocycles. The maximum Gasteiger partial charge on any atom is 0.278 e. The number of anilines is 1. The van der Waals surface area contributed by atoms with Crippen LogP contribution in [-0.4, -0.2) is 28.6 Å². The molecule has 2 aromatic carbocycles. The first-order valence-electron chi connectivity index (χ1n) is 9.49. The molecule has 0 aliphatic rings. The van der Waals surface area contributed by atoms with Crippen LogP contribution >= 0.6 is 0 Å². The number of rotatable bonds is 7. The van der Waals surface area contributed by atoms with Crippen molar-refractivity contribution in [3.63, 3.8) is 0 Å². The van der Waals surface area contributed by atoms with Crippen molar-refractivity contribution < 1.29 is 14.3 Å². The Morgan fingerprint density at radius 2 is 1.81 bits per heavy atom. The fourth-order valence-corrected chi connectivity index (χ4v) is 2.98. The van der Waals surface area contributed by atoms with Gasteiger partial charge in [-0.05, 0) is 42.5 Å². The Kier molecular flexibility index (Phi) is 6.58. The van der Waals surface area contributed by atoms with Crippen LogP contribution in [0.25, 0.3) is 11.3 Å². The van der Waals surface area contributed by atoms with Gasteiger partial charge in [0.05, 0.1) is 37.4 Å². The number of benzene rings is 2. The number of aromatic nitrogens is 2. The minimum absolute atomic E-state index is 0.0426. The number of amides is 1. The van der Waals surface area contributed by atoms with Crippen LogP contribution in [0.1, 0.15) is 29.3 Å². The number of carbonyl (C=O) groups is 2. The van der Waals surface area contributed by atoms with E-state index in [-0.39, 0.29) is 24.4 Å². The molecule has 0 saturated heterocycles. The molecular weight excluding hydrogens is 396 g/mol. The SMILES string of the molecule is COc1ccc(C(=O)c2cc(-c3ccc(NC(C)=O)cc3)nn(CCC#N)c2=O)cc1. The van der Waals surface area contributed by atoms with E-state index in [1.807, 2.05) is 6.07 Å². The van der Waals surface area contributed by atoms with Gasteiger partial charge in [-0.1, -0.05) is 12.1 Å². The van der Waals surface area contributed by atoms with E-state index < -0.39 is 11.3 Å². The minimum Gasteiger partial charge on any atom is -0.497 e. The molecule has 1 N–H and O–H groups in total. The molecule has 31 heavy (non-hydrogen) atoms. The molecule has 0 atom stereocenters. The smallest absolute Gasteiger partial charge is 0.278 e. The second-order valence-corrected chi connectivity index (χ2v) is 6.70. The largest absolute Gasteiger partial charge is 0.497 e. The van der Waals surface area contributed by atoms with Crippen molar-refractivity contribution in [2.75, 3.05) is 12.4 Å². The zero-order chi connectivity index (χ0) is 22.4. The van der Waals surface area contributed by atoms with Gasteiger partial charge in [-0.2, -0.15) is 10.4 Å². The van der Waals surface area contributed by atoms with Crippen molar-refractivity contribution in [1.82, 2.24) is 9.78 Å². The van der Waals surface area contributed by atoms with Crippen LogP contribution in [-0.2, 0) is 11.3 Å². The number of ketones is 1. The number of ether oxygens (including phenoxy) is 1. The van der Waals surface area contributed by atoms with Crippen molar-refractivity contribution in [1.29, 1.82) is 5.26 Å². The van der Waals surface area contributed by atoms with Crippen molar-refractivity contribution in [2.45, 2.75) is 19.9 Å². The van der Waals surface area contributed by atoms with E-state index in [1.165, 1.54) is 20.1 Å². The number of hydrogen-bond donors (Lipinski definition) is 1. The molecular formula is C23H20N4O4. The fourth-order valence-electron chi connectivity index (χ4n) is 2.98. The zero-order valence-corrected chi connectivity index (χ0v) is 17.1. The lowest BCUT2D eigenvalue weighted by molar-refractivity contribution is -0.114. The summed E-state index contributed by atoms with van der Waals surface area (Å²) in [5, 5.41) is 15.9. The van der Waals surface area contributed by atoms with E-state index in [9.17, 15) is 14.4 Å². The number of carbonyl (C=O) groups excluding carboxylic acids is 2. The predicted molar refractivity (Wildman–Crippen MR) is 115 cm³/mol. The van der Waals surface area contributed by atoms with Gasteiger partial charge in [-0.15, -0.1) is 0 Å². The summed E-state index contributed by atoms with van der Waals surface area (Å²) in [5.41, 5.74) is 1.41. The molecule has 0 spiro atoms. The number of nitrogens with one attached hydrogen (secondary N) is 1. The number of nitrogens with zero attached hydrogens (tertiary/aromatic N) is 3. The van der Waals surface area contributed by atoms with Gasteiger partial charge in [-0.3, -0.25) is 14.4 Å². The highest BCUT2D eigenvalue weighted by Crippen LogP contribution is 2.21. The van der Waals surface area contributed by atoms with Gasteiger partial charge >= 0.3 is 0 Å². The molecule has 0 unspecified atom stereocenters. The highest BCUT2D eigenvalue weighted by Gasteiger charge is 2.18. The Morgan fingerprint density at radius 1 is 1.13 bits per heavy atom. The molecule has 0 bridgehead atoms. The van der Waals surface area contributed by atoms with Crippen molar-refractivity contribution in [3.8, 4) is 23.1 Å². The van der Waals surface area contributed by atoms with Crippen molar-refractivity contribution in [3.05, 3.63) is 76.1 Å². The molecule has 1 heterocycles. The van der Waals surface area contributed by atoms with Gasteiger partial charge in [-0.25, -0.2) is 4.68 Å². The second kappa shape index (κ2) is 9.50. The molecule has 1 aromatic heterocycles. The summed E-state index contributed by atoms with van der Waals surface area (Å²) >= 11 is 0. The number of hydrogen-bond acceptors (Lipinski definition) is 6. The first kappa shape index (κ1) is 21.5. The third-order valence-electron chi connectivity index (χ3n) is 4.51. The second-order valence-electron chi connectivity index (χ2n) is 6.70. The first-order chi connectivity index (χ1) is 14.9. The van der Waals surface area contributed by atoms with Crippen LogP contribution in [0.5, 0.6) is 5.75 Å². The average Bonchev–Trinajstić information content (AvgIpc) is 2.78. The molecule has 1 amide bonds. The summed E-state index contributed by atoms with van der Waals surface area (Å²) in [6.07, 6.45) is 0.0774. The Labute approximate surface area is 178 Å². The molecule has 3 aromatic rings. The molecule has 8 heteroatoms. The van der Waals surface area contributed by atoms with Gasteiger partial charge in [0.15, 0.2) is 5.78 Å². The normalized spacial score (nSPS) is 10.2. The predicted octanol–water partition coefficient (Wildman–Crippen LogP) is 3.02. The Morgan fingerprint density at radius 3 is 2.39 bits per heavy atom. The Hall–Kier alpha value is -4.25. The molecule has 8 nitrogen and oxygen atoms in total. The minimum atomic E-state index is -0.560. The molecule has 0 radical (unpaired) electrons. The third-order valence-corrected chi connectivity index (χ3v) is 4.51. The Balaban J connectivity index is 2.06. The molecule has 0 aliphatic heterocycles. The van der Waals surface area contributed by atoms with Crippen LogP contribution < -0.4 is 15.6 Å². The van der Waals surface area contributed by atoms with Gasteiger partial charge < -0.3 is 10.1 Å². The lowest BCUT2D eigenvalue weighted by atomic mass is 10.0. The summed E-state index contributed by atoms with van der Waals surface area (Å²) in [7, 11) is 1.52. The van der Waals surface area contributed by atoms with Crippen LogP contribution in [0, 0.1) is 11.3 Å². The molecule has 0 fully saturated rings. The Bertz CT molecular complexity index is 1210. The number of aryl methyl sites for hydroxylation is 1. The van der Waals surface area contributed by atoms with Crippen molar-refractivity contribution in [2.24, 2.45) is 0 Å². The maximum atomic E-state index is 13.1. The molecule has 0 aliphatic carbocycles. The van der Waals surface area contributed by atoms with E-state index in [0.717, 1.165) is 4.68 Å². The molecule has 156 valence electrons. The van der Waals surface area contributed by atoms with Crippen LogP contribution in [0.15, 0.2) is 59.4 Å². The van der Waals surface area contributed by atoms with Gasteiger partial charge in [0.2, 0.25) is 5.91 Å². The van der Waals surface area contributed by atoms with Gasteiger partial charge in [0.25, 0.3) is 5.56 Å². The van der Waals surface area contributed by atoms with Crippen LogP contribution in [0.4, 0.5) is 5.69 Å². The number of methoxy groups -OCH3 is 1. The summed E-state index contributed by atoms with van der Waals surface area (Å²) in [4.78, 5) is 37.1. The summed E-state index contributed by atoms with van der Waals surface area (Å²) in [6, 6.07) is 16.8. The van der Waals surface area contributed by atoms with E-state index in [1.54, 1.807) is 48.5 Å².